The minimum atomic E-state index is -0.378. The Kier molecular flexibility index (Phi) is 4.96. The Bertz CT molecular complexity index is 827. The molecule has 2 saturated heterocycles. The molecule has 2 fully saturated rings. The van der Waals surface area contributed by atoms with E-state index in [-0.39, 0.29) is 28.8 Å². The molecule has 4 nitrogen and oxygen atoms in total. The van der Waals surface area contributed by atoms with E-state index >= 15 is 0 Å². The predicted molar refractivity (Wildman–Crippen MR) is 108 cm³/mol. The van der Waals surface area contributed by atoms with Crippen molar-refractivity contribution in [2.45, 2.75) is 43.1 Å². The Morgan fingerprint density at radius 1 is 1.19 bits per heavy atom. The fourth-order valence-corrected chi connectivity index (χ4v) is 5.50. The van der Waals surface area contributed by atoms with E-state index < -0.39 is 0 Å². The van der Waals surface area contributed by atoms with E-state index in [1.165, 1.54) is 5.56 Å². The van der Waals surface area contributed by atoms with Crippen molar-refractivity contribution in [3.63, 3.8) is 0 Å². The Hall–Kier alpha value is -2.27. The van der Waals surface area contributed by atoms with E-state index in [4.69, 9.17) is 0 Å². The van der Waals surface area contributed by atoms with Crippen molar-refractivity contribution < 1.29 is 9.59 Å². The summed E-state index contributed by atoms with van der Waals surface area (Å²) in [5, 5.41) is 3.23. The molecule has 0 radical (unpaired) electrons. The van der Waals surface area contributed by atoms with Crippen LogP contribution in [0.4, 0.5) is 0 Å². The van der Waals surface area contributed by atoms with Crippen LogP contribution in [-0.2, 0) is 16.0 Å². The monoisotopic (exact) mass is 380 g/mol. The second kappa shape index (κ2) is 7.39. The molecule has 0 bridgehead atoms. The summed E-state index contributed by atoms with van der Waals surface area (Å²) in [7, 11) is 0. The number of carbonyl (C=O) groups is 2. The summed E-state index contributed by atoms with van der Waals surface area (Å²) in [5.41, 5.74) is 2.26. The van der Waals surface area contributed by atoms with Gasteiger partial charge >= 0.3 is 0 Å². The molecular formula is C22H24N2O2S. The third-order valence-electron chi connectivity index (χ3n) is 5.55. The molecule has 0 saturated carbocycles. The second-order valence-electron chi connectivity index (χ2n) is 7.43. The zero-order valence-electron chi connectivity index (χ0n) is 15.4. The van der Waals surface area contributed by atoms with Gasteiger partial charge in [-0.15, -0.1) is 11.8 Å². The summed E-state index contributed by atoms with van der Waals surface area (Å²) >= 11 is 1.73. The first-order valence-corrected chi connectivity index (χ1v) is 10.4. The maximum atomic E-state index is 13.1. The topological polar surface area (TPSA) is 49.4 Å². The molecule has 3 atom stereocenters. The Balaban J connectivity index is 1.54. The van der Waals surface area contributed by atoms with Gasteiger partial charge in [-0.05, 0) is 30.9 Å². The van der Waals surface area contributed by atoms with Crippen molar-refractivity contribution in [3.05, 3.63) is 71.8 Å². The highest BCUT2D eigenvalue weighted by molar-refractivity contribution is 8.01. The van der Waals surface area contributed by atoms with E-state index in [0.29, 0.717) is 12.2 Å². The minimum absolute atomic E-state index is 0.0498. The molecule has 140 valence electrons. The van der Waals surface area contributed by atoms with Crippen LogP contribution in [-0.4, -0.2) is 33.4 Å². The van der Waals surface area contributed by atoms with Crippen LogP contribution in [0, 0.1) is 0 Å². The summed E-state index contributed by atoms with van der Waals surface area (Å²) in [5.74, 6) is 0.717. The zero-order chi connectivity index (χ0) is 18.9. The highest BCUT2D eigenvalue weighted by Crippen LogP contribution is 2.47. The van der Waals surface area contributed by atoms with Gasteiger partial charge in [-0.3, -0.25) is 9.59 Å². The molecule has 0 aliphatic carbocycles. The smallest absolute Gasteiger partial charge is 0.244 e. The number of fused-ring (bicyclic) bond motifs is 1. The highest BCUT2D eigenvalue weighted by atomic mass is 32.2. The molecule has 2 amide bonds. The lowest BCUT2D eigenvalue weighted by Gasteiger charge is -2.31. The van der Waals surface area contributed by atoms with Gasteiger partial charge in [0.25, 0.3) is 0 Å². The van der Waals surface area contributed by atoms with E-state index in [2.05, 4.69) is 24.4 Å². The van der Waals surface area contributed by atoms with Crippen molar-refractivity contribution in [3.8, 4) is 0 Å². The van der Waals surface area contributed by atoms with Crippen LogP contribution >= 0.6 is 11.8 Å². The fraction of sp³-hybridized carbons (Fsp3) is 0.364. The molecular weight excluding hydrogens is 356 g/mol. The van der Waals surface area contributed by atoms with Gasteiger partial charge in [0.1, 0.15) is 6.04 Å². The average molecular weight is 381 g/mol. The van der Waals surface area contributed by atoms with E-state index in [1.54, 1.807) is 11.8 Å². The number of hydrogen-bond donors (Lipinski definition) is 1. The van der Waals surface area contributed by atoms with Gasteiger partial charge in [-0.25, -0.2) is 0 Å². The maximum absolute atomic E-state index is 13.1. The average Bonchev–Trinajstić information content (AvgIpc) is 3.19. The number of thioether (sulfide) groups is 1. The molecule has 2 aliphatic heterocycles. The van der Waals surface area contributed by atoms with Crippen molar-refractivity contribution in [2.75, 3.05) is 5.75 Å². The van der Waals surface area contributed by atoms with Crippen LogP contribution in [0.2, 0.25) is 0 Å². The molecule has 1 N–H and O–H groups in total. The maximum Gasteiger partial charge on any atom is 0.244 e. The van der Waals surface area contributed by atoms with Crippen molar-refractivity contribution >= 4 is 23.6 Å². The van der Waals surface area contributed by atoms with E-state index in [0.717, 1.165) is 18.4 Å². The SMILES string of the molecule is C[C@]12CCC(=O)N1[C@H](C(=O)N[C@H](Cc1ccccc1)c1ccccc1)CS2. The van der Waals surface area contributed by atoms with E-state index in [9.17, 15) is 9.59 Å². The number of carbonyl (C=O) groups excluding carboxylic acids is 2. The molecule has 0 unspecified atom stereocenters. The Labute approximate surface area is 164 Å². The first kappa shape index (κ1) is 18.1. The number of rotatable bonds is 5. The van der Waals surface area contributed by atoms with Crippen molar-refractivity contribution in [2.24, 2.45) is 0 Å². The van der Waals surface area contributed by atoms with Crippen LogP contribution in [0.15, 0.2) is 60.7 Å². The van der Waals surface area contributed by atoms with Gasteiger partial charge < -0.3 is 10.2 Å². The third-order valence-corrected chi connectivity index (χ3v) is 7.05. The predicted octanol–water partition coefficient (Wildman–Crippen LogP) is 3.54. The van der Waals surface area contributed by atoms with Gasteiger partial charge in [-0.1, -0.05) is 60.7 Å². The number of nitrogens with zero attached hydrogens (tertiary/aromatic N) is 1. The first-order chi connectivity index (χ1) is 13.1. The quantitative estimate of drug-likeness (QED) is 0.863. The molecule has 2 heterocycles. The molecule has 2 aromatic rings. The molecule has 0 spiro atoms. The fourth-order valence-electron chi connectivity index (χ4n) is 4.07. The van der Waals surface area contributed by atoms with Crippen LogP contribution in [0.1, 0.15) is 36.9 Å². The summed E-state index contributed by atoms with van der Waals surface area (Å²) in [6, 6.07) is 19.7. The summed E-state index contributed by atoms with van der Waals surface area (Å²) in [4.78, 5) is 27.1. The highest BCUT2D eigenvalue weighted by Gasteiger charge is 2.53. The van der Waals surface area contributed by atoms with Gasteiger partial charge in [0, 0.05) is 12.2 Å². The van der Waals surface area contributed by atoms with Gasteiger partial charge in [0.15, 0.2) is 0 Å². The molecule has 2 aliphatic rings. The summed E-state index contributed by atoms with van der Waals surface area (Å²) in [6.45, 7) is 2.08. The lowest BCUT2D eigenvalue weighted by molar-refractivity contribution is -0.138. The largest absolute Gasteiger partial charge is 0.347 e. The zero-order valence-corrected chi connectivity index (χ0v) is 16.2. The first-order valence-electron chi connectivity index (χ1n) is 9.42. The van der Waals surface area contributed by atoms with Gasteiger partial charge in [0.2, 0.25) is 11.8 Å². The molecule has 4 rings (SSSR count). The number of amides is 2. The third kappa shape index (κ3) is 3.61. The molecule has 0 aromatic heterocycles. The number of hydrogen-bond acceptors (Lipinski definition) is 3. The van der Waals surface area contributed by atoms with Crippen LogP contribution in [0.3, 0.4) is 0 Å². The second-order valence-corrected chi connectivity index (χ2v) is 8.93. The van der Waals surface area contributed by atoms with Crippen LogP contribution < -0.4 is 5.32 Å². The lowest BCUT2D eigenvalue weighted by Crippen LogP contribution is -2.50. The van der Waals surface area contributed by atoms with Gasteiger partial charge in [-0.2, -0.15) is 0 Å². The summed E-state index contributed by atoms with van der Waals surface area (Å²) in [6.07, 6.45) is 2.09. The Morgan fingerprint density at radius 3 is 2.56 bits per heavy atom. The lowest BCUT2D eigenvalue weighted by atomic mass is 9.98. The van der Waals surface area contributed by atoms with Crippen LogP contribution in [0.5, 0.6) is 0 Å². The number of benzene rings is 2. The Morgan fingerprint density at radius 2 is 1.85 bits per heavy atom. The molecule has 5 heteroatoms. The standard InChI is InChI=1S/C22H24N2O2S/c1-22-13-12-20(25)24(22)19(15-27-22)21(26)23-18(17-10-6-3-7-11-17)14-16-8-4-2-5-9-16/h2-11,18-19H,12-15H2,1H3,(H,23,26)/t18-,19+,22+/m1/s1. The summed E-state index contributed by atoms with van der Waals surface area (Å²) < 4.78 is 0. The minimum Gasteiger partial charge on any atom is -0.347 e. The normalized spacial score (nSPS) is 25.3. The molecule has 27 heavy (non-hydrogen) atoms. The van der Waals surface area contributed by atoms with E-state index in [1.807, 2.05) is 53.4 Å². The van der Waals surface area contributed by atoms with Crippen molar-refractivity contribution in [1.29, 1.82) is 0 Å². The van der Waals surface area contributed by atoms with Crippen LogP contribution in [0.25, 0.3) is 0 Å². The van der Waals surface area contributed by atoms with Gasteiger partial charge in [0.05, 0.1) is 10.9 Å². The molecule has 2 aromatic carbocycles. The van der Waals surface area contributed by atoms with Crippen molar-refractivity contribution in [1.82, 2.24) is 10.2 Å². The number of nitrogens with one attached hydrogen (secondary N) is 1.